The summed E-state index contributed by atoms with van der Waals surface area (Å²) in [7, 11) is 0. The zero-order chi connectivity index (χ0) is 24.4. The highest BCUT2D eigenvalue weighted by Gasteiger charge is 2.30. The fourth-order valence-electron chi connectivity index (χ4n) is 3.88. The number of rotatable bonds is 5. The lowest BCUT2D eigenvalue weighted by molar-refractivity contribution is -0.137. The molecule has 35 heavy (non-hydrogen) atoms. The largest absolute Gasteiger partial charge is 0.416 e. The van der Waals surface area contributed by atoms with Gasteiger partial charge in [0.25, 0.3) is 5.91 Å². The second-order valence-electron chi connectivity index (χ2n) is 8.07. The monoisotopic (exact) mass is 482 g/mol. The van der Waals surface area contributed by atoms with Gasteiger partial charge in [0.15, 0.2) is 11.3 Å². The van der Waals surface area contributed by atoms with E-state index >= 15 is 0 Å². The topological polar surface area (TPSA) is 84.7 Å². The van der Waals surface area contributed by atoms with Crippen molar-refractivity contribution in [3.05, 3.63) is 78.0 Å². The molecule has 1 aliphatic heterocycles. The normalized spacial score (nSPS) is 14.8. The van der Waals surface area contributed by atoms with E-state index in [1.807, 2.05) is 12.1 Å². The third kappa shape index (κ3) is 5.15. The molecule has 4 heterocycles. The summed E-state index contributed by atoms with van der Waals surface area (Å²) in [6.45, 7) is 3.63. The van der Waals surface area contributed by atoms with Crippen LogP contribution in [0.25, 0.3) is 16.9 Å². The molecule has 1 N–H and O–H groups in total. The van der Waals surface area contributed by atoms with Crippen molar-refractivity contribution in [2.75, 3.05) is 31.6 Å². The van der Waals surface area contributed by atoms with Crippen LogP contribution in [0.2, 0.25) is 0 Å². The lowest BCUT2D eigenvalue weighted by Gasteiger charge is -2.26. The number of fused-ring (bicyclic) bond motifs is 1. The van der Waals surface area contributed by atoms with E-state index in [-0.39, 0.29) is 16.9 Å². The molecule has 0 saturated carbocycles. The zero-order valence-electron chi connectivity index (χ0n) is 18.5. The van der Waals surface area contributed by atoms with E-state index in [1.54, 1.807) is 22.9 Å². The number of benzene rings is 1. The van der Waals surface area contributed by atoms with Crippen molar-refractivity contribution >= 4 is 17.4 Å². The molecule has 1 aliphatic rings. The number of pyridine rings is 1. The van der Waals surface area contributed by atoms with Crippen molar-refractivity contribution in [3.63, 3.8) is 0 Å². The zero-order valence-corrected chi connectivity index (χ0v) is 18.5. The standard InChI is InChI=1S/C24H21F3N6O2/c25-24(26,27)17-4-1-3-16(13-17)19-15-33-8-7-28-21(22(33)30-19)23(34)31-20-6-2-5-18(29-20)14-32-9-11-35-12-10-32/h1-8,13,15H,9-12,14H2,(H,29,31,34). The van der Waals surface area contributed by atoms with Gasteiger partial charge in [-0.3, -0.25) is 9.69 Å². The summed E-state index contributed by atoms with van der Waals surface area (Å²) in [6.07, 6.45) is 0.106. The van der Waals surface area contributed by atoms with Crippen molar-refractivity contribution in [3.8, 4) is 11.3 Å². The number of halogens is 3. The third-order valence-corrected chi connectivity index (χ3v) is 5.61. The van der Waals surface area contributed by atoms with Crippen molar-refractivity contribution in [2.24, 2.45) is 0 Å². The van der Waals surface area contributed by atoms with Gasteiger partial charge in [0, 0.05) is 43.8 Å². The molecule has 0 aliphatic carbocycles. The number of carbonyl (C=O) groups excluding carboxylic acids is 1. The molecular formula is C24H21F3N6O2. The summed E-state index contributed by atoms with van der Waals surface area (Å²) in [4.78, 5) is 28.3. The fraction of sp³-hybridized carbons (Fsp3) is 0.250. The Morgan fingerprint density at radius 1 is 1.09 bits per heavy atom. The predicted octanol–water partition coefficient (Wildman–Crippen LogP) is 3.89. The van der Waals surface area contributed by atoms with Crippen LogP contribution < -0.4 is 5.32 Å². The molecule has 0 spiro atoms. The molecule has 1 aromatic carbocycles. The van der Waals surface area contributed by atoms with Gasteiger partial charge in [-0.15, -0.1) is 0 Å². The second-order valence-corrected chi connectivity index (χ2v) is 8.07. The Bertz CT molecular complexity index is 1360. The summed E-state index contributed by atoms with van der Waals surface area (Å²) in [6, 6.07) is 10.3. The van der Waals surface area contributed by atoms with Gasteiger partial charge < -0.3 is 14.5 Å². The Kier molecular flexibility index (Phi) is 6.18. The second kappa shape index (κ2) is 9.43. The third-order valence-electron chi connectivity index (χ3n) is 5.61. The lowest BCUT2D eigenvalue weighted by atomic mass is 10.1. The SMILES string of the molecule is O=C(Nc1cccc(CN2CCOCC2)n1)c1nccn2cc(-c3cccc(C(F)(F)F)c3)nc12. The molecule has 1 fully saturated rings. The summed E-state index contributed by atoms with van der Waals surface area (Å²) < 4.78 is 46.3. The van der Waals surface area contributed by atoms with Crippen molar-refractivity contribution < 1.29 is 22.7 Å². The summed E-state index contributed by atoms with van der Waals surface area (Å²) in [5.74, 6) is -0.151. The molecule has 4 aromatic rings. The lowest BCUT2D eigenvalue weighted by Crippen LogP contribution is -2.35. The van der Waals surface area contributed by atoms with E-state index in [0.717, 1.165) is 30.9 Å². The first-order valence-corrected chi connectivity index (χ1v) is 11.0. The number of carbonyl (C=O) groups is 1. The van der Waals surface area contributed by atoms with Gasteiger partial charge in [-0.1, -0.05) is 18.2 Å². The minimum atomic E-state index is -4.47. The van der Waals surface area contributed by atoms with E-state index in [1.165, 1.54) is 18.3 Å². The molecule has 0 unspecified atom stereocenters. The number of ether oxygens (including phenoxy) is 1. The highest BCUT2D eigenvalue weighted by Crippen LogP contribution is 2.32. The van der Waals surface area contributed by atoms with Gasteiger partial charge in [-0.25, -0.2) is 15.0 Å². The molecular weight excluding hydrogens is 461 g/mol. The number of nitrogens with one attached hydrogen (secondary N) is 1. The molecule has 11 heteroatoms. The minimum Gasteiger partial charge on any atom is -0.379 e. The summed E-state index contributed by atoms with van der Waals surface area (Å²) in [5.41, 5.74) is 0.874. The van der Waals surface area contributed by atoms with Gasteiger partial charge in [-0.05, 0) is 24.3 Å². The predicted molar refractivity (Wildman–Crippen MR) is 122 cm³/mol. The Morgan fingerprint density at radius 3 is 2.69 bits per heavy atom. The number of hydrogen-bond acceptors (Lipinski definition) is 6. The van der Waals surface area contributed by atoms with Crippen LogP contribution in [0, 0.1) is 0 Å². The van der Waals surface area contributed by atoms with E-state index in [9.17, 15) is 18.0 Å². The maximum atomic E-state index is 13.1. The quantitative estimate of drug-likeness (QED) is 0.465. The Hall–Kier alpha value is -3.83. The van der Waals surface area contributed by atoms with Gasteiger partial charge in [0.2, 0.25) is 0 Å². The van der Waals surface area contributed by atoms with Crippen LogP contribution in [0.3, 0.4) is 0 Å². The molecule has 8 nitrogen and oxygen atoms in total. The average Bonchev–Trinajstić information content (AvgIpc) is 3.29. The van der Waals surface area contributed by atoms with E-state index in [4.69, 9.17) is 4.74 Å². The number of anilines is 1. The molecule has 1 amide bonds. The summed E-state index contributed by atoms with van der Waals surface area (Å²) in [5, 5.41) is 2.75. The van der Waals surface area contributed by atoms with Crippen LogP contribution in [-0.4, -0.2) is 56.5 Å². The van der Waals surface area contributed by atoms with E-state index < -0.39 is 17.6 Å². The molecule has 3 aromatic heterocycles. The van der Waals surface area contributed by atoms with Crippen LogP contribution >= 0.6 is 0 Å². The highest BCUT2D eigenvalue weighted by atomic mass is 19.4. The van der Waals surface area contributed by atoms with Crippen LogP contribution in [-0.2, 0) is 17.5 Å². The molecule has 180 valence electrons. The number of nitrogens with zero attached hydrogens (tertiary/aromatic N) is 5. The van der Waals surface area contributed by atoms with Crippen molar-refractivity contribution in [1.82, 2.24) is 24.3 Å². The Labute approximate surface area is 198 Å². The van der Waals surface area contributed by atoms with Crippen LogP contribution in [0.4, 0.5) is 19.0 Å². The number of amides is 1. The first-order chi connectivity index (χ1) is 16.9. The number of morpholine rings is 1. The van der Waals surface area contributed by atoms with Crippen molar-refractivity contribution in [2.45, 2.75) is 12.7 Å². The minimum absolute atomic E-state index is 0.0334. The van der Waals surface area contributed by atoms with Crippen molar-refractivity contribution in [1.29, 1.82) is 0 Å². The smallest absolute Gasteiger partial charge is 0.379 e. The molecule has 0 bridgehead atoms. The van der Waals surface area contributed by atoms with E-state index in [0.29, 0.717) is 31.3 Å². The fourth-order valence-corrected chi connectivity index (χ4v) is 3.88. The number of aromatic nitrogens is 4. The number of alkyl halides is 3. The molecule has 1 saturated heterocycles. The maximum absolute atomic E-state index is 13.1. The van der Waals surface area contributed by atoms with Gasteiger partial charge in [0.05, 0.1) is 30.2 Å². The van der Waals surface area contributed by atoms with Crippen LogP contribution in [0.1, 0.15) is 21.7 Å². The van der Waals surface area contributed by atoms with Gasteiger partial charge in [0.1, 0.15) is 5.82 Å². The number of hydrogen-bond donors (Lipinski definition) is 1. The van der Waals surface area contributed by atoms with Gasteiger partial charge >= 0.3 is 6.18 Å². The highest BCUT2D eigenvalue weighted by molar-refractivity contribution is 6.06. The van der Waals surface area contributed by atoms with Crippen LogP contribution in [0.5, 0.6) is 0 Å². The molecule has 0 radical (unpaired) electrons. The maximum Gasteiger partial charge on any atom is 0.416 e. The average molecular weight is 482 g/mol. The molecule has 0 atom stereocenters. The van der Waals surface area contributed by atoms with E-state index in [2.05, 4.69) is 25.2 Å². The van der Waals surface area contributed by atoms with Gasteiger partial charge in [-0.2, -0.15) is 13.2 Å². The first-order valence-electron chi connectivity index (χ1n) is 11.0. The Balaban J connectivity index is 1.38. The first kappa shape index (κ1) is 22.9. The molecule has 5 rings (SSSR count). The Morgan fingerprint density at radius 2 is 1.89 bits per heavy atom. The summed E-state index contributed by atoms with van der Waals surface area (Å²) >= 11 is 0. The van der Waals surface area contributed by atoms with Crippen LogP contribution in [0.15, 0.2) is 61.1 Å². The number of imidazole rings is 1.